The number of ether oxygens (including phenoxy) is 1. The van der Waals surface area contributed by atoms with E-state index in [-0.39, 0.29) is 0 Å². The largest absolute Gasteiger partial charge is 0.474 e. The number of hydrogen-bond donors (Lipinski definition) is 2. The highest BCUT2D eigenvalue weighted by Crippen LogP contribution is 2.36. The van der Waals surface area contributed by atoms with Gasteiger partial charge in [-0.15, -0.1) is 0 Å². The van der Waals surface area contributed by atoms with E-state index in [9.17, 15) is 0 Å². The van der Waals surface area contributed by atoms with Gasteiger partial charge in [0.05, 0.1) is 36.6 Å². The Morgan fingerprint density at radius 2 is 2.10 bits per heavy atom. The number of hydrogen-bond acceptors (Lipinski definition) is 8. The van der Waals surface area contributed by atoms with Crippen molar-refractivity contribution in [1.82, 2.24) is 15.0 Å². The first-order valence-corrected chi connectivity index (χ1v) is 10.4. The van der Waals surface area contributed by atoms with Gasteiger partial charge in [0.25, 0.3) is 0 Å². The van der Waals surface area contributed by atoms with Crippen LogP contribution in [0.1, 0.15) is 22.4 Å². The normalized spacial score (nSPS) is 14.5. The lowest BCUT2D eigenvalue weighted by molar-refractivity contribution is 0.310. The summed E-state index contributed by atoms with van der Waals surface area (Å²) in [6, 6.07) is 9.93. The number of pyridine rings is 1. The predicted octanol–water partition coefficient (Wildman–Crippen LogP) is 3.36. The van der Waals surface area contributed by atoms with Crippen LogP contribution in [0.4, 0.5) is 23.0 Å². The maximum Gasteiger partial charge on any atom is 0.237 e. The average Bonchev–Trinajstić information content (AvgIpc) is 2.80. The fourth-order valence-electron chi connectivity index (χ4n) is 4.03. The van der Waals surface area contributed by atoms with Crippen molar-refractivity contribution < 1.29 is 4.74 Å². The second kappa shape index (κ2) is 8.11. The van der Waals surface area contributed by atoms with Gasteiger partial charge in [-0.25, -0.2) is 15.0 Å². The Morgan fingerprint density at radius 3 is 2.94 bits per heavy atom. The van der Waals surface area contributed by atoms with E-state index in [1.165, 1.54) is 5.56 Å². The van der Waals surface area contributed by atoms with E-state index in [1.807, 2.05) is 36.7 Å². The number of fused-ring (bicyclic) bond motifs is 2. The molecule has 2 aliphatic rings. The number of rotatable bonds is 4. The van der Waals surface area contributed by atoms with Crippen LogP contribution < -0.4 is 20.3 Å². The third kappa shape index (κ3) is 3.82. The Hall–Kier alpha value is -3.86. The molecule has 2 aromatic heterocycles. The maximum atomic E-state index is 8.81. The molecule has 0 atom stereocenters. The van der Waals surface area contributed by atoms with Gasteiger partial charge in [0, 0.05) is 30.5 Å². The molecule has 2 N–H and O–H groups in total. The molecule has 3 aromatic rings. The van der Waals surface area contributed by atoms with Crippen LogP contribution in [0.5, 0.6) is 5.88 Å². The van der Waals surface area contributed by atoms with Crippen LogP contribution in [0.25, 0.3) is 0 Å². The second-order valence-corrected chi connectivity index (χ2v) is 7.72. The van der Waals surface area contributed by atoms with Gasteiger partial charge >= 0.3 is 0 Å². The molecule has 0 spiro atoms. The minimum absolute atomic E-state index is 0.407. The van der Waals surface area contributed by atoms with Crippen molar-refractivity contribution in [3.8, 4) is 11.9 Å². The topological polar surface area (TPSA) is 99.0 Å². The molecule has 0 amide bonds. The molecule has 156 valence electrons. The van der Waals surface area contributed by atoms with E-state index in [0.29, 0.717) is 31.4 Å². The lowest BCUT2D eigenvalue weighted by Gasteiger charge is -2.32. The molecule has 0 radical (unpaired) electrons. The van der Waals surface area contributed by atoms with Gasteiger partial charge in [-0.1, -0.05) is 12.1 Å². The first kappa shape index (κ1) is 19.1. The van der Waals surface area contributed by atoms with Gasteiger partial charge in [0.2, 0.25) is 11.8 Å². The van der Waals surface area contributed by atoms with Gasteiger partial charge in [0.1, 0.15) is 12.3 Å². The standard InChI is InChI=1S/C23H23N7O/c1-15-20(13-26-22-21(15)25-9-11-31-22)30-10-7-17-12-27-23(29-19(17)14-30)28-18-4-2-16(3-5-18)6-8-24/h2-5,12-13,25H,6-7,9-11,14H2,1H3,(H,27,28,29). The Balaban J connectivity index is 1.36. The van der Waals surface area contributed by atoms with Gasteiger partial charge in [-0.05, 0) is 36.6 Å². The molecule has 8 nitrogen and oxygen atoms in total. The molecular weight excluding hydrogens is 390 g/mol. The highest BCUT2D eigenvalue weighted by atomic mass is 16.5. The summed E-state index contributed by atoms with van der Waals surface area (Å²) in [5, 5.41) is 15.5. The molecule has 4 heterocycles. The summed E-state index contributed by atoms with van der Waals surface area (Å²) in [4.78, 5) is 16.1. The number of nitrogens with one attached hydrogen (secondary N) is 2. The van der Waals surface area contributed by atoms with Crippen LogP contribution in [0.3, 0.4) is 0 Å². The van der Waals surface area contributed by atoms with E-state index in [4.69, 9.17) is 15.0 Å². The van der Waals surface area contributed by atoms with Crippen molar-refractivity contribution in [1.29, 1.82) is 5.26 Å². The molecule has 31 heavy (non-hydrogen) atoms. The molecular formula is C23H23N7O. The molecule has 2 aliphatic heterocycles. The number of nitrogens with zero attached hydrogens (tertiary/aromatic N) is 5. The summed E-state index contributed by atoms with van der Waals surface area (Å²) in [6.07, 6.45) is 5.11. The number of benzene rings is 1. The van der Waals surface area contributed by atoms with E-state index in [0.717, 1.165) is 53.4 Å². The molecule has 0 saturated carbocycles. The molecule has 0 unspecified atom stereocenters. The van der Waals surface area contributed by atoms with Crippen molar-refractivity contribution in [3.63, 3.8) is 0 Å². The molecule has 0 saturated heterocycles. The molecule has 1 aromatic carbocycles. The minimum Gasteiger partial charge on any atom is -0.474 e. The van der Waals surface area contributed by atoms with Crippen LogP contribution in [0.2, 0.25) is 0 Å². The van der Waals surface area contributed by atoms with Crippen LogP contribution in [0, 0.1) is 18.3 Å². The van der Waals surface area contributed by atoms with E-state index >= 15 is 0 Å². The SMILES string of the molecule is Cc1c(N2CCc3cnc(Nc4ccc(CC#N)cc4)nc3C2)cnc2c1NCCO2. The maximum absolute atomic E-state index is 8.81. The van der Waals surface area contributed by atoms with Gasteiger partial charge in [-0.2, -0.15) is 5.26 Å². The summed E-state index contributed by atoms with van der Waals surface area (Å²) in [6.45, 7) is 5.14. The van der Waals surface area contributed by atoms with Crippen molar-refractivity contribution in [2.75, 3.05) is 35.2 Å². The monoisotopic (exact) mass is 413 g/mol. The number of aromatic nitrogens is 3. The minimum atomic E-state index is 0.407. The van der Waals surface area contributed by atoms with Crippen molar-refractivity contribution >= 4 is 23.0 Å². The fraction of sp³-hybridized carbons (Fsp3) is 0.304. The lowest BCUT2D eigenvalue weighted by Crippen LogP contribution is -2.32. The highest BCUT2D eigenvalue weighted by molar-refractivity contribution is 5.70. The zero-order valence-corrected chi connectivity index (χ0v) is 17.4. The first-order valence-electron chi connectivity index (χ1n) is 10.4. The zero-order chi connectivity index (χ0) is 21.2. The molecule has 0 fully saturated rings. The smallest absolute Gasteiger partial charge is 0.237 e. The fourth-order valence-corrected chi connectivity index (χ4v) is 4.03. The highest BCUT2D eigenvalue weighted by Gasteiger charge is 2.24. The summed E-state index contributed by atoms with van der Waals surface area (Å²) >= 11 is 0. The zero-order valence-electron chi connectivity index (χ0n) is 17.4. The summed E-state index contributed by atoms with van der Waals surface area (Å²) < 4.78 is 5.66. The average molecular weight is 413 g/mol. The van der Waals surface area contributed by atoms with Crippen LogP contribution in [-0.2, 0) is 19.4 Å². The van der Waals surface area contributed by atoms with Gasteiger partial charge in [0.15, 0.2) is 0 Å². The van der Waals surface area contributed by atoms with Crippen molar-refractivity contribution in [3.05, 3.63) is 59.0 Å². The number of nitriles is 1. The van der Waals surface area contributed by atoms with Crippen molar-refractivity contribution in [2.45, 2.75) is 26.3 Å². The van der Waals surface area contributed by atoms with Crippen LogP contribution in [-0.4, -0.2) is 34.6 Å². The Bertz CT molecular complexity index is 1150. The first-order chi connectivity index (χ1) is 15.2. The third-order valence-corrected chi connectivity index (χ3v) is 5.70. The van der Waals surface area contributed by atoms with Gasteiger partial charge in [-0.3, -0.25) is 0 Å². The third-order valence-electron chi connectivity index (χ3n) is 5.70. The Morgan fingerprint density at radius 1 is 1.23 bits per heavy atom. The Labute approximate surface area is 180 Å². The van der Waals surface area contributed by atoms with E-state index in [2.05, 4.69) is 38.5 Å². The predicted molar refractivity (Wildman–Crippen MR) is 119 cm³/mol. The molecule has 0 bridgehead atoms. The summed E-state index contributed by atoms with van der Waals surface area (Å²) in [5.74, 6) is 1.25. The lowest BCUT2D eigenvalue weighted by atomic mass is 10.0. The summed E-state index contributed by atoms with van der Waals surface area (Å²) in [7, 11) is 0. The van der Waals surface area contributed by atoms with E-state index in [1.54, 1.807) is 0 Å². The van der Waals surface area contributed by atoms with Crippen LogP contribution >= 0.6 is 0 Å². The summed E-state index contributed by atoms with van der Waals surface area (Å²) in [5.41, 5.74) is 7.32. The number of anilines is 4. The Kier molecular flexibility index (Phi) is 5.00. The molecule has 0 aliphatic carbocycles. The van der Waals surface area contributed by atoms with Crippen molar-refractivity contribution in [2.24, 2.45) is 0 Å². The van der Waals surface area contributed by atoms with E-state index < -0.39 is 0 Å². The molecule has 8 heteroatoms. The second-order valence-electron chi connectivity index (χ2n) is 7.72. The quantitative estimate of drug-likeness (QED) is 0.672. The molecule has 5 rings (SSSR count). The van der Waals surface area contributed by atoms with Crippen LogP contribution in [0.15, 0.2) is 36.7 Å². The van der Waals surface area contributed by atoms with Gasteiger partial charge < -0.3 is 20.3 Å².